The van der Waals surface area contributed by atoms with Crippen molar-refractivity contribution in [2.24, 2.45) is 0 Å². The second-order valence-corrected chi connectivity index (χ2v) is 8.43. The summed E-state index contributed by atoms with van der Waals surface area (Å²) in [5, 5.41) is 8.68. The minimum Gasteiger partial charge on any atom is -0.493 e. The lowest BCUT2D eigenvalue weighted by Gasteiger charge is -2.33. The highest BCUT2D eigenvalue weighted by Gasteiger charge is 2.48. The Bertz CT molecular complexity index is 1280. The monoisotopic (exact) mass is 532 g/mol. The molecule has 2 atom stereocenters. The summed E-state index contributed by atoms with van der Waals surface area (Å²) < 4.78 is 66.5. The van der Waals surface area contributed by atoms with Crippen molar-refractivity contribution < 1.29 is 31.8 Å². The number of fused-ring (bicyclic) bond motifs is 1. The maximum absolute atomic E-state index is 14.0. The molecule has 0 unspecified atom stereocenters. The Labute approximate surface area is 206 Å². The van der Waals surface area contributed by atoms with Gasteiger partial charge in [-0.2, -0.15) is 18.3 Å². The number of anilines is 2. The van der Waals surface area contributed by atoms with Gasteiger partial charge in [0, 0.05) is 12.1 Å². The van der Waals surface area contributed by atoms with Gasteiger partial charge < -0.3 is 20.1 Å². The van der Waals surface area contributed by atoms with Crippen LogP contribution in [-0.2, 0) is 0 Å². The highest BCUT2D eigenvalue weighted by Crippen LogP contribution is 2.47. The summed E-state index contributed by atoms with van der Waals surface area (Å²) in [6, 6.07) is 5.31. The number of alkyl halides is 3. The number of nitrogens with one attached hydrogen (secondary N) is 2. The molecule has 186 valence electrons. The quantitative estimate of drug-likeness (QED) is 0.379. The van der Waals surface area contributed by atoms with Crippen LogP contribution in [0, 0.1) is 5.82 Å². The number of amides is 1. The van der Waals surface area contributed by atoms with Gasteiger partial charge in [-0.25, -0.2) is 9.07 Å². The molecule has 2 N–H and O–H groups in total. The van der Waals surface area contributed by atoms with E-state index in [1.165, 1.54) is 20.3 Å². The molecule has 13 heteroatoms. The largest absolute Gasteiger partial charge is 0.493 e. The van der Waals surface area contributed by atoms with Gasteiger partial charge in [0.25, 0.3) is 5.91 Å². The van der Waals surface area contributed by atoms with E-state index in [9.17, 15) is 22.4 Å². The van der Waals surface area contributed by atoms with E-state index in [1.54, 1.807) is 18.2 Å². The van der Waals surface area contributed by atoms with Gasteiger partial charge in [-0.3, -0.25) is 4.79 Å². The fourth-order valence-electron chi connectivity index (χ4n) is 3.79. The van der Waals surface area contributed by atoms with Gasteiger partial charge in [0.1, 0.15) is 16.7 Å². The standard InChI is InChI=1S/C22H18Cl2F4N4O3/c1-34-15-6-3-10(7-16(15)35-2)14-9-17(22(26,27)28)32-20(30-14)18(24)19(31-32)21(33)29-11-4-5-13(25)12(23)8-11/h3-8,14,17,30H,9H2,1-2H3,(H,29,33)/t14-,17-/m0/s1. The van der Waals surface area contributed by atoms with Gasteiger partial charge in [-0.1, -0.05) is 29.3 Å². The zero-order chi connectivity index (χ0) is 25.5. The number of methoxy groups -OCH3 is 2. The zero-order valence-corrected chi connectivity index (χ0v) is 19.7. The van der Waals surface area contributed by atoms with Crippen LogP contribution in [0.15, 0.2) is 36.4 Å². The van der Waals surface area contributed by atoms with E-state index in [1.807, 2.05) is 0 Å². The van der Waals surface area contributed by atoms with Gasteiger partial charge in [-0.05, 0) is 35.9 Å². The number of nitrogens with zero attached hydrogens (tertiary/aromatic N) is 2. The molecule has 4 rings (SSSR count). The number of rotatable bonds is 5. The molecule has 0 saturated heterocycles. The van der Waals surface area contributed by atoms with E-state index < -0.39 is 42.1 Å². The Balaban J connectivity index is 1.70. The van der Waals surface area contributed by atoms with E-state index in [4.69, 9.17) is 32.7 Å². The maximum Gasteiger partial charge on any atom is 0.410 e. The van der Waals surface area contributed by atoms with Gasteiger partial charge in [0.2, 0.25) is 0 Å². The molecule has 0 saturated carbocycles. The first-order valence-electron chi connectivity index (χ1n) is 10.1. The van der Waals surface area contributed by atoms with Crippen LogP contribution in [0.25, 0.3) is 0 Å². The average molecular weight is 533 g/mol. The van der Waals surface area contributed by atoms with Gasteiger partial charge >= 0.3 is 6.18 Å². The van der Waals surface area contributed by atoms with E-state index in [-0.39, 0.29) is 21.6 Å². The molecule has 0 aliphatic carbocycles. The number of carbonyl (C=O) groups is 1. The summed E-state index contributed by atoms with van der Waals surface area (Å²) in [4.78, 5) is 12.8. The van der Waals surface area contributed by atoms with E-state index in [0.29, 0.717) is 21.7 Å². The van der Waals surface area contributed by atoms with Crippen LogP contribution in [0.2, 0.25) is 10.0 Å². The van der Waals surface area contributed by atoms with Crippen LogP contribution in [0.4, 0.5) is 29.1 Å². The highest BCUT2D eigenvalue weighted by atomic mass is 35.5. The zero-order valence-electron chi connectivity index (χ0n) is 18.2. The third kappa shape index (κ3) is 4.83. The molecule has 1 aliphatic heterocycles. The molecule has 1 aromatic heterocycles. The molecule has 0 fully saturated rings. The number of aromatic nitrogens is 2. The lowest BCUT2D eigenvalue weighted by atomic mass is 9.96. The molecule has 0 radical (unpaired) electrons. The number of benzene rings is 2. The van der Waals surface area contributed by atoms with Crippen molar-refractivity contribution in [1.82, 2.24) is 9.78 Å². The van der Waals surface area contributed by atoms with Gasteiger partial charge in [0.15, 0.2) is 23.2 Å². The van der Waals surface area contributed by atoms with Crippen LogP contribution < -0.4 is 20.1 Å². The van der Waals surface area contributed by atoms with Crippen LogP contribution >= 0.6 is 23.2 Å². The summed E-state index contributed by atoms with van der Waals surface area (Å²) in [5.41, 5.74) is 0.177. The molecule has 1 aliphatic rings. The fraction of sp³-hybridized carbons (Fsp3) is 0.273. The van der Waals surface area contributed by atoms with Crippen molar-refractivity contribution >= 4 is 40.6 Å². The van der Waals surface area contributed by atoms with Crippen LogP contribution in [0.5, 0.6) is 11.5 Å². The molecule has 0 spiro atoms. The molecular weight excluding hydrogens is 515 g/mol. The summed E-state index contributed by atoms with van der Waals surface area (Å²) in [6.07, 6.45) is -5.10. The third-order valence-electron chi connectivity index (χ3n) is 5.50. The van der Waals surface area contributed by atoms with E-state index in [0.717, 1.165) is 12.1 Å². The Morgan fingerprint density at radius 3 is 2.49 bits per heavy atom. The number of ether oxygens (including phenoxy) is 2. The lowest BCUT2D eigenvalue weighted by Crippen LogP contribution is -2.35. The Morgan fingerprint density at radius 1 is 1.14 bits per heavy atom. The Morgan fingerprint density at radius 2 is 1.86 bits per heavy atom. The van der Waals surface area contributed by atoms with Crippen molar-refractivity contribution in [3.05, 3.63) is 63.5 Å². The average Bonchev–Trinajstić information content (AvgIpc) is 3.16. The minimum atomic E-state index is -4.68. The second kappa shape index (κ2) is 9.46. The van der Waals surface area contributed by atoms with E-state index in [2.05, 4.69) is 15.7 Å². The minimum absolute atomic E-state index is 0.118. The van der Waals surface area contributed by atoms with Crippen molar-refractivity contribution in [1.29, 1.82) is 0 Å². The number of hydrogen-bond donors (Lipinski definition) is 2. The van der Waals surface area contributed by atoms with E-state index >= 15 is 0 Å². The number of halogens is 6. The highest BCUT2D eigenvalue weighted by molar-refractivity contribution is 6.36. The molecule has 35 heavy (non-hydrogen) atoms. The van der Waals surface area contributed by atoms with Crippen molar-refractivity contribution in [3.8, 4) is 11.5 Å². The first-order chi connectivity index (χ1) is 16.5. The van der Waals surface area contributed by atoms with Crippen molar-refractivity contribution in [2.75, 3.05) is 24.9 Å². The Kier molecular flexibility index (Phi) is 6.74. The normalized spacial score (nSPS) is 17.4. The smallest absolute Gasteiger partial charge is 0.410 e. The molecule has 2 heterocycles. The van der Waals surface area contributed by atoms with Crippen LogP contribution in [-0.4, -0.2) is 36.1 Å². The molecule has 0 bridgehead atoms. The number of carbonyl (C=O) groups excluding carboxylic acids is 1. The molecular formula is C22H18Cl2F4N4O3. The first-order valence-corrected chi connectivity index (χ1v) is 10.9. The first kappa shape index (κ1) is 24.9. The topological polar surface area (TPSA) is 77.4 Å². The summed E-state index contributed by atoms with van der Waals surface area (Å²) in [7, 11) is 2.86. The summed E-state index contributed by atoms with van der Waals surface area (Å²) in [5.74, 6) is -0.980. The van der Waals surface area contributed by atoms with Crippen LogP contribution in [0.3, 0.4) is 0 Å². The van der Waals surface area contributed by atoms with Crippen molar-refractivity contribution in [3.63, 3.8) is 0 Å². The van der Waals surface area contributed by atoms with Gasteiger partial charge in [0.05, 0.1) is 25.3 Å². The SMILES string of the molecule is COc1ccc([C@@H]2C[C@@H](C(F)(F)F)n3nc(C(=O)Nc4ccc(F)c(Cl)c4)c(Cl)c3N2)cc1OC. The summed E-state index contributed by atoms with van der Waals surface area (Å²) in [6.45, 7) is 0. The predicted octanol–water partition coefficient (Wildman–Crippen LogP) is 6.26. The molecule has 1 amide bonds. The third-order valence-corrected chi connectivity index (χ3v) is 6.15. The Hall–Kier alpha value is -3.18. The second-order valence-electron chi connectivity index (χ2n) is 7.64. The predicted molar refractivity (Wildman–Crippen MR) is 122 cm³/mol. The summed E-state index contributed by atoms with van der Waals surface area (Å²) >= 11 is 12.0. The van der Waals surface area contributed by atoms with Crippen LogP contribution in [0.1, 0.15) is 34.6 Å². The maximum atomic E-state index is 14.0. The fourth-order valence-corrected chi connectivity index (χ4v) is 4.23. The molecule has 2 aromatic carbocycles. The lowest BCUT2D eigenvalue weighted by molar-refractivity contribution is -0.173. The molecule has 3 aromatic rings. The number of hydrogen-bond acceptors (Lipinski definition) is 5. The van der Waals surface area contributed by atoms with Crippen molar-refractivity contribution in [2.45, 2.75) is 24.7 Å². The van der Waals surface area contributed by atoms with Gasteiger partial charge in [-0.15, -0.1) is 0 Å². The molecule has 7 nitrogen and oxygen atoms in total.